The molecule has 0 amide bonds. The van der Waals surface area contributed by atoms with Crippen LogP contribution in [0.15, 0.2) is 72.8 Å². The van der Waals surface area contributed by atoms with Crippen molar-refractivity contribution >= 4 is 11.9 Å². The lowest BCUT2D eigenvalue weighted by Gasteiger charge is -2.17. The fraction of sp³-hybridized carbons (Fsp3) is 0.231. The van der Waals surface area contributed by atoms with Gasteiger partial charge in [-0.25, -0.2) is 9.59 Å². The average molecular weight is 434 g/mol. The van der Waals surface area contributed by atoms with E-state index < -0.39 is 11.9 Å². The number of rotatable bonds is 10. The van der Waals surface area contributed by atoms with Crippen molar-refractivity contribution in [2.75, 3.05) is 14.2 Å². The summed E-state index contributed by atoms with van der Waals surface area (Å²) in [6, 6.07) is 22.8. The van der Waals surface area contributed by atoms with Gasteiger partial charge in [0.2, 0.25) is 0 Å². The van der Waals surface area contributed by atoms with E-state index in [0.29, 0.717) is 18.8 Å². The van der Waals surface area contributed by atoms with E-state index in [0.717, 1.165) is 16.7 Å². The first-order valence-corrected chi connectivity index (χ1v) is 10.2. The third kappa shape index (κ3) is 6.03. The van der Waals surface area contributed by atoms with Gasteiger partial charge >= 0.3 is 11.9 Å². The van der Waals surface area contributed by atoms with Crippen molar-refractivity contribution in [1.82, 2.24) is 0 Å². The Hall–Kier alpha value is -3.48. The van der Waals surface area contributed by atoms with E-state index in [-0.39, 0.29) is 24.3 Å². The molecule has 32 heavy (non-hydrogen) atoms. The molecule has 0 saturated heterocycles. The lowest BCUT2D eigenvalue weighted by atomic mass is 9.96. The summed E-state index contributed by atoms with van der Waals surface area (Å²) in [5, 5.41) is 0. The number of benzene rings is 3. The van der Waals surface area contributed by atoms with Gasteiger partial charge in [-0.3, -0.25) is 0 Å². The molecule has 0 aliphatic heterocycles. The molecule has 0 atom stereocenters. The molecule has 0 bridgehead atoms. The number of esters is 2. The van der Waals surface area contributed by atoms with Gasteiger partial charge in [-0.1, -0.05) is 66.7 Å². The first-order chi connectivity index (χ1) is 15.6. The number of hydrogen-bond acceptors (Lipinski definition) is 6. The molecule has 0 aliphatic carbocycles. The van der Waals surface area contributed by atoms with E-state index in [1.165, 1.54) is 14.2 Å². The number of ether oxygens (including phenoxy) is 4. The van der Waals surface area contributed by atoms with Crippen molar-refractivity contribution in [3.63, 3.8) is 0 Å². The molecule has 0 spiro atoms. The number of methoxy groups -OCH3 is 2. The fourth-order valence-corrected chi connectivity index (χ4v) is 3.30. The molecule has 3 aromatic rings. The van der Waals surface area contributed by atoms with Crippen molar-refractivity contribution in [2.24, 2.45) is 0 Å². The molecule has 6 nitrogen and oxygen atoms in total. The molecule has 3 aromatic carbocycles. The highest BCUT2D eigenvalue weighted by molar-refractivity contribution is 6.04. The third-order valence-corrected chi connectivity index (χ3v) is 4.93. The largest absolute Gasteiger partial charge is 0.465 e. The van der Waals surface area contributed by atoms with Crippen molar-refractivity contribution in [3.05, 3.63) is 106 Å². The molecular formula is C26H26O6. The maximum Gasteiger partial charge on any atom is 0.339 e. The van der Waals surface area contributed by atoms with Crippen LogP contribution in [0.1, 0.15) is 43.0 Å². The van der Waals surface area contributed by atoms with Gasteiger partial charge in [0, 0.05) is 0 Å². The summed E-state index contributed by atoms with van der Waals surface area (Å²) in [6.45, 7) is 1.12. The second-order valence-electron chi connectivity index (χ2n) is 7.07. The molecule has 3 rings (SSSR count). The minimum Gasteiger partial charge on any atom is -0.465 e. The molecule has 0 N–H and O–H groups in total. The SMILES string of the molecule is COC(=O)c1ccc(COCc2ccccc2)c(COCc2ccccc2)c1C(=O)OC. The molecule has 0 saturated carbocycles. The third-order valence-electron chi connectivity index (χ3n) is 4.93. The lowest BCUT2D eigenvalue weighted by molar-refractivity contribution is 0.0544. The van der Waals surface area contributed by atoms with Gasteiger partial charge < -0.3 is 18.9 Å². The van der Waals surface area contributed by atoms with Crippen LogP contribution in [-0.4, -0.2) is 26.2 Å². The Labute approximate surface area is 187 Å². The van der Waals surface area contributed by atoms with Crippen LogP contribution in [0.25, 0.3) is 0 Å². The van der Waals surface area contributed by atoms with Crippen LogP contribution in [0.5, 0.6) is 0 Å². The van der Waals surface area contributed by atoms with E-state index >= 15 is 0 Å². The molecule has 0 fully saturated rings. The Balaban J connectivity index is 1.87. The summed E-state index contributed by atoms with van der Waals surface area (Å²) < 4.78 is 21.6. The van der Waals surface area contributed by atoms with Crippen LogP contribution in [0.4, 0.5) is 0 Å². The Morgan fingerprint density at radius 3 is 1.69 bits per heavy atom. The number of carbonyl (C=O) groups excluding carboxylic acids is 2. The zero-order chi connectivity index (χ0) is 22.8. The molecule has 6 heteroatoms. The van der Waals surface area contributed by atoms with Crippen molar-refractivity contribution < 1.29 is 28.5 Å². The van der Waals surface area contributed by atoms with Crippen LogP contribution in [-0.2, 0) is 45.4 Å². The number of carbonyl (C=O) groups is 2. The van der Waals surface area contributed by atoms with E-state index in [1.54, 1.807) is 12.1 Å². The summed E-state index contributed by atoms with van der Waals surface area (Å²) >= 11 is 0. The molecular weight excluding hydrogens is 408 g/mol. The highest BCUT2D eigenvalue weighted by atomic mass is 16.5. The first kappa shape index (κ1) is 23.2. The summed E-state index contributed by atoms with van der Waals surface area (Å²) in [7, 11) is 2.54. The Kier molecular flexibility index (Phi) is 8.54. The molecule has 0 unspecified atom stereocenters. The van der Waals surface area contributed by atoms with E-state index in [9.17, 15) is 9.59 Å². The number of hydrogen-bond donors (Lipinski definition) is 0. The van der Waals surface area contributed by atoms with E-state index in [2.05, 4.69) is 0 Å². The van der Waals surface area contributed by atoms with Gasteiger partial charge in [-0.05, 0) is 28.3 Å². The van der Waals surface area contributed by atoms with E-state index in [4.69, 9.17) is 18.9 Å². The van der Waals surface area contributed by atoms with Crippen molar-refractivity contribution in [1.29, 1.82) is 0 Å². The van der Waals surface area contributed by atoms with Crippen LogP contribution in [0.2, 0.25) is 0 Å². The molecule has 166 valence electrons. The Bertz CT molecular complexity index is 1030. The van der Waals surface area contributed by atoms with Gasteiger partial charge in [0.1, 0.15) is 0 Å². The van der Waals surface area contributed by atoms with Gasteiger partial charge in [0.25, 0.3) is 0 Å². The Morgan fingerprint density at radius 2 is 1.16 bits per heavy atom. The minimum atomic E-state index is -0.631. The summed E-state index contributed by atoms with van der Waals surface area (Å²) in [4.78, 5) is 24.9. The second kappa shape index (κ2) is 11.8. The molecule has 0 heterocycles. The van der Waals surface area contributed by atoms with Crippen LogP contribution < -0.4 is 0 Å². The highest BCUT2D eigenvalue weighted by Gasteiger charge is 2.25. The lowest BCUT2D eigenvalue weighted by Crippen LogP contribution is -2.17. The summed E-state index contributed by atoms with van der Waals surface area (Å²) in [6.07, 6.45) is 0. The van der Waals surface area contributed by atoms with Crippen LogP contribution >= 0.6 is 0 Å². The topological polar surface area (TPSA) is 71.1 Å². The minimum absolute atomic E-state index is 0.105. The predicted octanol–water partition coefficient (Wildman–Crippen LogP) is 4.69. The van der Waals surface area contributed by atoms with Crippen molar-refractivity contribution in [2.45, 2.75) is 26.4 Å². The van der Waals surface area contributed by atoms with Crippen LogP contribution in [0, 0.1) is 0 Å². The van der Waals surface area contributed by atoms with Crippen molar-refractivity contribution in [3.8, 4) is 0 Å². The molecule has 0 aromatic heterocycles. The standard InChI is InChI=1S/C26H26O6/c1-29-25(27)22-14-13-21(17-31-15-19-9-5-3-6-10-19)23(24(22)26(28)30-2)18-32-16-20-11-7-4-8-12-20/h3-14H,15-18H2,1-2H3. The summed E-state index contributed by atoms with van der Waals surface area (Å²) in [5.41, 5.74) is 3.58. The quantitative estimate of drug-likeness (QED) is 0.431. The zero-order valence-electron chi connectivity index (χ0n) is 18.2. The monoisotopic (exact) mass is 434 g/mol. The van der Waals surface area contributed by atoms with Gasteiger partial charge in [-0.15, -0.1) is 0 Å². The normalized spacial score (nSPS) is 10.6. The zero-order valence-corrected chi connectivity index (χ0v) is 18.2. The predicted molar refractivity (Wildman–Crippen MR) is 119 cm³/mol. The smallest absolute Gasteiger partial charge is 0.339 e. The Morgan fingerprint density at radius 1 is 0.625 bits per heavy atom. The van der Waals surface area contributed by atoms with Gasteiger partial charge in [0.15, 0.2) is 0 Å². The maximum absolute atomic E-state index is 12.6. The average Bonchev–Trinajstić information content (AvgIpc) is 2.84. The molecule has 0 aliphatic rings. The van der Waals surface area contributed by atoms with Crippen LogP contribution in [0.3, 0.4) is 0 Å². The molecule has 0 radical (unpaired) electrons. The summed E-state index contributed by atoms with van der Waals surface area (Å²) in [5.74, 6) is -1.25. The maximum atomic E-state index is 12.6. The fourth-order valence-electron chi connectivity index (χ4n) is 3.30. The highest BCUT2D eigenvalue weighted by Crippen LogP contribution is 2.24. The first-order valence-electron chi connectivity index (χ1n) is 10.2. The van der Waals surface area contributed by atoms with Gasteiger partial charge in [0.05, 0.1) is 51.8 Å². The van der Waals surface area contributed by atoms with E-state index in [1.807, 2.05) is 60.7 Å². The van der Waals surface area contributed by atoms with Gasteiger partial charge in [-0.2, -0.15) is 0 Å². The second-order valence-corrected chi connectivity index (χ2v) is 7.07.